The van der Waals surface area contributed by atoms with Gasteiger partial charge in [0.15, 0.2) is 0 Å². The van der Waals surface area contributed by atoms with Crippen LogP contribution in [0.3, 0.4) is 0 Å². The summed E-state index contributed by atoms with van der Waals surface area (Å²) in [6.45, 7) is 1.38. The van der Waals surface area contributed by atoms with E-state index in [1.165, 1.54) is 17.7 Å². The lowest BCUT2D eigenvalue weighted by atomic mass is 10.1. The van der Waals surface area contributed by atoms with Crippen LogP contribution in [0.5, 0.6) is 0 Å². The quantitative estimate of drug-likeness (QED) is 0.670. The Bertz CT molecular complexity index is 204. The van der Waals surface area contributed by atoms with Crippen molar-refractivity contribution >= 4 is 6.09 Å². The molecule has 1 atom stereocenters. The minimum Gasteiger partial charge on any atom is -0.465 e. The van der Waals surface area contributed by atoms with Crippen LogP contribution in [0.1, 0.15) is 25.7 Å². The number of carbonyl (C=O) groups is 1. The fraction of sp³-hybridized carbons (Fsp3) is 0.889. The van der Waals surface area contributed by atoms with Gasteiger partial charge in [-0.2, -0.15) is 0 Å². The second kappa shape index (κ2) is 3.54. The monoisotopic (exact) mass is 184 g/mol. The van der Waals surface area contributed by atoms with Gasteiger partial charge < -0.3 is 15.3 Å². The van der Waals surface area contributed by atoms with Crippen LogP contribution < -0.4 is 5.32 Å². The smallest absolute Gasteiger partial charge is 0.407 e. The molecule has 1 aliphatic heterocycles. The summed E-state index contributed by atoms with van der Waals surface area (Å²) < 4.78 is 0. The fourth-order valence-electron chi connectivity index (χ4n) is 1.87. The second-order valence-electron chi connectivity index (χ2n) is 4.01. The van der Waals surface area contributed by atoms with E-state index in [-0.39, 0.29) is 0 Å². The summed E-state index contributed by atoms with van der Waals surface area (Å²) in [6, 6.07) is 1.08. The van der Waals surface area contributed by atoms with Crippen LogP contribution in [-0.2, 0) is 0 Å². The molecule has 2 rings (SSSR count). The number of likely N-dealkylation sites (tertiary alicyclic amines) is 1. The third kappa shape index (κ3) is 2.34. The van der Waals surface area contributed by atoms with Crippen molar-refractivity contribution in [2.75, 3.05) is 13.1 Å². The Morgan fingerprint density at radius 2 is 2.08 bits per heavy atom. The highest BCUT2D eigenvalue weighted by Gasteiger charge is 2.28. The Morgan fingerprint density at radius 3 is 2.69 bits per heavy atom. The number of hydrogen-bond acceptors (Lipinski definition) is 2. The molecule has 4 heteroatoms. The molecule has 0 aromatic heterocycles. The van der Waals surface area contributed by atoms with Crippen molar-refractivity contribution in [2.45, 2.75) is 37.8 Å². The van der Waals surface area contributed by atoms with Crippen molar-refractivity contribution in [3.63, 3.8) is 0 Å². The molecule has 1 heterocycles. The van der Waals surface area contributed by atoms with E-state index in [2.05, 4.69) is 5.32 Å². The van der Waals surface area contributed by atoms with Gasteiger partial charge in [0.05, 0.1) is 0 Å². The summed E-state index contributed by atoms with van der Waals surface area (Å²) in [6.07, 6.45) is 3.88. The predicted molar refractivity (Wildman–Crippen MR) is 48.8 cm³/mol. The molecule has 74 valence electrons. The zero-order chi connectivity index (χ0) is 9.26. The van der Waals surface area contributed by atoms with E-state index in [1.54, 1.807) is 0 Å². The number of carboxylic acid groups (broad SMARTS) is 1. The average Bonchev–Trinajstić information content (AvgIpc) is 2.89. The lowest BCUT2D eigenvalue weighted by Crippen LogP contribution is -2.48. The Hall–Kier alpha value is -0.770. The van der Waals surface area contributed by atoms with E-state index < -0.39 is 6.09 Å². The van der Waals surface area contributed by atoms with E-state index in [1.807, 2.05) is 0 Å². The number of nitrogens with zero attached hydrogens (tertiary/aromatic N) is 1. The Morgan fingerprint density at radius 1 is 1.31 bits per heavy atom. The third-order valence-electron chi connectivity index (χ3n) is 2.74. The molecule has 13 heavy (non-hydrogen) atoms. The van der Waals surface area contributed by atoms with Gasteiger partial charge in [0.1, 0.15) is 0 Å². The first-order chi connectivity index (χ1) is 6.25. The molecule has 0 unspecified atom stereocenters. The molecule has 1 saturated heterocycles. The number of amides is 1. The summed E-state index contributed by atoms with van der Waals surface area (Å²) in [7, 11) is 0. The van der Waals surface area contributed by atoms with Crippen LogP contribution in [0.4, 0.5) is 4.79 Å². The SMILES string of the molecule is O=C(O)N1CCC[C@H](NC2CC2)C1. The summed E-state index contributed by atoms with van der Waals surface area (Å²) in [5, 5.41) is 12.3. The standard InChI is InChI=1S/C9H16N2O2/c12-9(13)11-5-1-2-8(6-11)10-7-3-4-7/h7-8,10H,1-6H2,(H,12,13)/t8-/m0/s1. The maximum atomic E-state index is 10.7. The van der Waals surface area contributed by atoms with Gasteiger partial charge in [0, 0.05) is 25.2 Å². The molecule has 0 spiro atoms. The van der Waals surface area contributed by atoms with E-state index in [0.29, 0.717) is 25.2 Å². The molecule has 2 N–H and O–H groups in total. The Balaban J connectivity index is 1.80. The van der Waals surface area contributed by atoms with Gasteiger partial charge in [0.25, 0.3) is 0 Å². The van der Waals surface area contributed by atoms with Crippen LogP contribution in [0.2, 0.25) is 0 Å². The maximum absolute atomic E-state index is 10.7. The maximum Gasteiger partial charge on any atom is 0.407 e. The fourth-order valence-corrected chi connectivity index (χ4v) is 1.87. The van der Waals surface area contributed by atoms with Crippen LogP contribution >= 0.6 is 0 Å². The topological polar surface area (TPSA) is 52.6 Å². The molecule has 0 bridgehead atoms. The molecule has 0 radical (unpaired) electrons. The van der Waals surface area contributed by atoms with Crippen molar-refractivity contribution in [1.29, 1.82) is 0 Å². The van der Waals surface area contributed by atoms with Crippen LogP contribution in [-0.4, -0.2) is 41.3 Å². The number of hydrogen-bond donors (Lipinski definition) is 2. The first kappa shape index (κ1) is 8.81. The lowest BCUT2D eigenvalue weighted by Gasteiger charge is -2.31. The summed E-state index contributed by atoms with van der Waals surface area (Å²) in [4.78, 5) is 12.2. The predicted octanol–water partition coefficient (Wildman–Crippen LogP) is 0.881. The van der Waals surface area contributed by atoms with Gasteiger partial charge in [-0.25, -0.2) is 4.79 Å². The minimum atomic E-state index is -0.776. The lowest BCUT2D eigenvalue weighted by molar-refractivity contribution is 0.126. The highest BCUT2D eigenvalue weighted by Crippen LogP contribution is 2.21. The largest absolute Gasteiger partial charge is 0.465 e. The molecule has 1 saturated carbocycles. The molecule has 4 nitrogen and oxygen atoms in total. The normalized spacial score (nSPS) is 28.9. The highest BCUT2D eigenvalue weighted by atomic mass is 16.4. The van der Waals surface area contributed by atoms with Gasteiger partial charge in [-0.15, -0.1) is 0 Å². The molecular weight excluding hydrogens is 168 g/mol. The third-order valence-corrected chi connectivity index (χ3v) is 2.74. The van der Waals surface area contributed by atoms with Crippen LogP contribution in [0.25, 0.3) is 0 Å². The van der Waals surface area contributed by atoms with Crippen LogP contribution in [0.15, 0.2) is 0 Å². The van der Waals surface area contributed by atoms with Crippen molar-refractivity contribution in [3.8, 4) is 0 Å². The first-order valence-corrected chi connectivity index (χ1v) is 4.99. The molecule has 1 amide bonds. The number of piperidine rings is 1. The molecule has 1 aliphatic carbocycles. The zero-order valence-electron chi connectivity index (χ0n) is 7.70. The van der Waals surface area contributed by atoms with Crippen molar-refractivity contribution in [2.24, 2.45) is 0 Å². The first-order valence-electron chi connectivity index (χ1n) is 4.99. The van der Waals surface area contributed by atoms with Gasteiger partial charge in [-0.05, 0) is 25.7 Å². The Kier molecular flexibility index (Phi) is 2.40. The zero-order valence-corrected chi connectivity index (χ0v) is 7.70. The molecule has 0 aromatic rings. The summed E-state index contributed by atoms with van der Waals surface area (Å²) in [5.41, 5.74) is 0. The second-order valence-corrected chi connectivity index (χ2v) is 4.01. The van der Waals surface area contributed by atoms with E-state index >= 15 is 0 Å². The van der Waals surface area contributed by atoms with Crippen LogP contribution in [0, 0.1) is 0 Å². The highest BCUT2D eigenvalue weighted by molar-refractivity contribution is 5.65. The molecular formula is C9H16N2O2. The van der Waals surface area contributed by atoms with Crippen molar-refractivity contribution < 1.29 is 9.90 Å². The van der Waals surface area contributed by atoms with Crippen molar-refractivity contribution in [1.82, 2.24) is 10.2 Å². The van der Waals surface area contributed by atoms with E-state index in [0.717, 1.165) is 12.8 Å². The summed E-state index contributed by atoms with van der Waals surface area (Å²) >= 11 is 0. The van der Waals surface area contributed by atoms with Crippen molar-refractivity contribution in [3.05, 3.63) is 0 Å². The molecule has 2 fully saturated rings. The Labute approximate surface area is 77.9 Å². The molecule has 2 aliphatic rings. The molecule has 0 aromatic carbocycles. The number of nitrogens with one attached hydrogen (secondary N) is 1. The van der Waals surface area contributed by atoms with E-state index in [9.17, 15) is 4.79 Å². The van der Waals surface area contributed by atoms with Gasteiger partial charge >= 0.3 is 6.09 Å². The number of rotatable bonds is 2. The van der Waals surface area contributed by atoms with E-state index in [4.69, 9.17) is 5.11 Å². The minimum absolute atomic E-state index is 0.400. The average molecular weight is 184 g/mol. The van der Waals surface area contributed by atoms with Gasteiger partial charge in [-0.1, -0.05) is 0 Å². The van der Waals surface area contributed by atoms with Gasteiger partial charge in [-0.3, -0.25) is 0 Å². The summed E-state index contributed by atoms with van der Waals surface area (Å²) in [5.74, 6) is 0. The van der Waals surface area contributed by atoms with Gasteiger partial charge in [0.2, 0.25) is 0 Å².